The van der Waals surface area contributed by atoms with E-state index in [4.69, 9.17) is 10.8 Å². The van der Waals surface area contributed by atoms with Crippen LogP contribution in [-0.2, 0) is 4.79 Å². The Morgan fingerprint density at radius 2 is 2.18 bits per heavy atom. The number of hydrogen-bond acceptors (Lipinski definition) is 3. The molecule has 0 aliphatic heterocycles. The second kappa shape index (κ2) is 3.69. The Morgan fingerprint density at radius 1 is 1.73 bits per heavy atom. The summed E-state index contributed by atoms with van der Waals surface area (Å²) in [7, 11) is 0. The molecule has 0 aromatic rings. The maximum atomic E-state index is 10.3. The first kappa shape index (κ1) is 10.4. The van der Waals surface area contributed by atoms with Crippen molar-refractivity contribution in [2.45, 2.75) is 38.3 Å². The molecular weight excluding hydrogens is 146 g/mol. The average Bonchev–Trinajstić information content (AvgIpc) is 1.86. The summed E-state index contributed by atoms with van der Waals surface area (Å²) in [5, 5.41) is 18.0. The molecule has 0 radical (unpaired) electrons. The van der Waals surface area contributed by atoms with Crippen LogP contribution in [0, 0.1) is 0 Å². The molecule has 4 heteroatoms. The van der Waals surface area contributed by atoms with Crippen LogP contribution in [0.3, 0.4) is 0 Å². The average molecular weight is 161 g/mol. The van der Waals surface area contributed by atoms with Gasteiger partial charge in [0.2, 0.25) is 0 Å². The Morgan fingerprint density at radius 3 is 2.27 bits per heavy atom. The van der Waals surface area contributed by atoms with Crippen molar-refractivity contribution >= 4 is 5.97 Å². The van der Waals surface area contributed by atoms with E-state index in [1.807, 2.05) is 0 Å². The molecule has 66 valence electrons. The Labute approximate surface area is 66.0 Å². The highest BCUT2D eigenvalue weighted by atomic mass is 16.4. The normalized spacial score (nSPS) is 18.9. The Bertz CT molecular complexity index is 147. The molecule has 0 saturated carbocycles. The lowest BCUT2D eigenvalue weighted by Gasteiger charge is -2.28. The number of aliphatic carboxylic acids is 1. The molecule has 0 saturated heterocycles. The fourth-order valence-electron chi connectivity index (χ4n) is 0.870. The van der Waals surface area contributed by atoms with Crippen molar-refractivity contribution in [2.24, 2.45) is 5.73 Å². The molecule has 2 unspecified atom stereocenters. The maximum Gasteiger partial charge on any atom is 0.306 e. The number of aliphatic hydroxyl groups is 1. The predicted octanol–water partition coefficient (Wildman–Crippen LogP) is -0.0506. The molecule has 0 bridgehead atoms. The lowest BCUT2D eigenvalue weighted by atomic mass is 9.90. The highest BCUT2D eigenvalue weighted by Gasteiger charge is 2.31. The first-order valence-electron chi connectivity index (χ1n) is 3.62. The molecular formula is C7H15NO3. The van der Waals surface area contributed by atoms with Gasteiger partial charge in [-0.25, -0.2) is 0 Å². The summed E-state index contributed by atoms with van der Waals surface area (Å²) in [6.45, 7) is 3.32. The Balaban J connectivity index is 4.22. The largest absolute Gasteiger partial charge is 0.481 e. The molecule has 4 nitrogen and oxygen atoms in total. The van der Waals surface area contributed by atoms with Crippen LogP contribution in [0.15, 0.2) is 0 Å². The van der Waals surface area contributed by atoms with Crippen LogP contribution in [0.2, 0.25) is 0 Å². The standard InChI is InChI=1S/C7H15NO3/c1-3-7(11,5(2)8)4-6(9)10/h5,11H,3-4,8H2,1-2H3,(H,9,10). The van der Waals surface area contributed by atoms with Crippen molar-refractivity contribution < 1.29 is 15.0 Å². The zero-order chi connectivity index (χ0) is 9.07. The van der Waals surface area contributed by atoms with Crippen LogP contribution in [0.4, 0.5) is 0 Å². The monoisotopic (exact) mass is 161 g/mol. The lowest BCUT2D eigenvalue weighted by molar-refractivity contribution is -0.143. The summed E-state index contributed by atoms with van der Waals surface area (Å²) in [6, 6.07) is -0.511. The van der Waals surface area contributed by atoms with E-state index in [9.17, 15) is 9.90 Å². The van der Waals surface area contributed by atoms with Crippen LogP contribution >= 0.6 is 0 Å². The second-order valence-electron chi connectivity index (χ2n) is 2.82. The van der Waals surface area contributed by atoms with Crippen molar-refractivity contribution in [3.8, 4) is 0 Å². The highest BCUT2D eigenvalue weighted by Crippen LogP contribution is 2.17. The maximum absolute atomic E-state index is 10.3. The van der Waals surface area contributed by atoms with Crippen LogP contribution in [0.25, 0.3) is 0 Å². The van der Waals surface area contributed by atoms with E-state index in [1.165, 1.54) is 0 Å². The topological polar surface area (TPSA) is 83.5 Å². The third kappa shape index (κ3) is 2.86. The van der Waals surface area contributed by atoms with Crippen molar-refractivity contribution in [3.63, 3.8) is 0 Å². The molecule has 0 aromatic heterocycles. The highest BCUT2D eigenvalue weighted by molar-refractivity contribution is 5.68. The smallest absolute Gasteiger partial charge is 0.306 e. The van der Waals surface area contributed by atoms with Gasteiger partial charge in [0.25, 0.3) is 0 Å². The van der Waals surface area contributed by atoms with Gasteiger partial charge in [0.15, 0.2) is 0 Å². The zero-order valence-electron chi connectivity index (χ0n) is 6.87. The number of nitrogens with two attached hydrogens (primary N) is 1. The molecule has 0 aliphatic carbocycles. The number of carbonyl (C=O) groups is 1. The van der Waals surface area contributed by atoms with Crippen molar-refractivity contribution in [1.82, 2.24) is 0 Å². The summed E-state index contributed by atoms with van der Waals surface area (Å²) < 4.78 is 0. The molecule has 0 aliphatic rings. The van der Waals surface area contributed by atoms with E-state index in [1.54, 1.807) is 13.8 Å². The van der Waals surface area contributed by atoms with E-state index in [2.05, 4.69) is 0 Å². The minimum atomic E-state index is -1.26. The first-order chi connectivity index (χ1) is 4.92. The summed E-state index contributed by atoms with van der Waals surface area (Å²) in [6.07, 6.45) is 0.0676. The summed E-state index contributed by atoms with van der Waals surface area (Å²) in [5.74, 6) is -1.02. The van der Waals surface area contributed by atoms with Gasteiger partial charge in [0.05, 0.1) is 12.0 Å². The summed E-state index contributed by atoms with van der Waals surface area (Å²) in [5.41, 5.74) is 4.16. The van der Waals surface area contributed by atoms with Crippen LogP contribution < -0.4 is 5.73 Å². The van der Waals surface area contributed by atoms with Gasteiger partial charge < -0.3 is 15.9 Å². The van der Waals surface area contributed by atoms with E-state index in [-0.39, 0.29) is 6.42 Å². The second-order valence-corrected chi connectivity index (χ2v) is 2.82. The Kier molecular flexibility index (Phi) is 3.48. The quantitative estimate of drug-likeness (QED) is 0.539. The molecule has 0 aromatic carbocycles. The third-order valence-electron chi connectivity index (χ3n) is 1.92. The fraction of sp³-hybridized carbons (Fsp3) is 0.857. The summed E-state index contributed by atoms with van der Waals surface area (Å²) in [4.78, 5) is 10.3. The van der Waals surface area contributed by atoms with Crippen LogP contribution in [0.1, 0.15) is 26.7 Å². The third-order valence-corrected chi connectivity index (χ3v) is 1.92. The van der Waals surface area contributed by atoms with Crippen molar-refractivity contribution in [2.75, 3.05) is 0 Å². The van der Waals surface area contributed by atoms with Gasteiger partial charge in [0.1, 0.15) is 0 Å². The molecule has 0 rings (SSSR count). The van der Waals surface area contributed by atoms with Gasteiger partial charge in [-0.3, -0.25) is 4.79 Å². The van der Waals surface area contributed by atoms with Gasteiger partial charge >= 0.3 is 5.97 Å². The lowest BCUT2D eigenvalue weighted by Crippen LogP contribution is -2.47. The van der Waals surface area contributed by atoms with E-state index < -0.39 is 17.6 Å². The van der Waals surface area contributed by atoms with Gasteiger partial charge in [-0.15, -0.1) is 0 Å². The minimum Gasteiger partial charge on any atom is -0.481 e. The number of hydrogen-bond donors (Lipinski definition) is 3. The molecule has 0 spiro atoms. The van der Waals surface area contributed by atoms with E-state index >= 15 is 0 Å². The Hall–Kier alpha value is -0.610. The zero-order valence-corrected chi connectivity index (χ0v) is 6.87. The van der Waals surface area contributed by atoms with Gasteiger partial charge in [-0.1, -0.05) is 6.92 Å². The van der Waals surface area contributed by atoms with Crippen molar-refractivity contribution in [1.29, 1.82) is 0 Å². The van der Waals surface area contributed by atoms with Crippen LogP contribution in [0.5, 0.6) is 0 Å². The molecule has 0 heterocycles. The molecule has 11 heavy (non-hydrogen) atoms. The first-order valence-corrected chi connectivity index (χ1v) is 3.62. The van der Waals surface area contributed by atoms with Gasteiger partial charge in [0, 0.05) is 6.04 Å². The predicted molar refractivity (Wildman–Crippen MR) is 41.1 cm³/mol. The van der Waals surface area contributed by atoms with E-state index in [0.717, 1.165) is 0 Å². The SMILES string of the molecule is CCC(O)(CC(=O)O)C(C)N. The number of rotatable bonds is 4. The van der Waals surface area contributed by atoms with Gasteiger partial charge in [-0.05, 0) is 13.3 Å². The number of carboxylic acid groups (broad SMARTS) is 1. The minimum absolute atomic E-state index is 0.291. The molecule has 0 fully saturated rings. The van der Waals surface area contributed by atoms with Gasteiger partial charge in [-0.2, -0.15) is 0 Å². The molecule has 4 N–H and O–H groups in total. The van der Waals surface area contributed by atoms with Crippen LogP contribution in [-0.4, -0.2) is 27.8 Å². The van der Waals surface area contributed by atoms with Crippen molar-refractivity contribution in [3.05, 3.63) is 0 Å². The summed E-state index contributed by atoms with van der Waals surface area (Å²) >= 11 is 0. The van der Waals surface area contributed by atoms with E-state index in [0.29, 0.717) is 6.42 Å². The fourth-order valence-corrected chi connectivity index (χ4v) is 0.870. The molecule has 0 amide bonds. The number of carboxylic acids is 1. The molecule has 2 atom stereocenters.